The summed E-state index contributed by atoms with van der Waals surface area (Å²) in [7, 11) is 3.70. The highest BCUT2D eigenvalue weighted by atomic mass is 33.1. The first kappa shape index (κ1) is 21.3. The van der Waals surface area contributed by atoms with E-state index in [0.29, 0.717) is 10.8 Å². The van der Waals surface area contributed by atoms with Crippen LogP contribution in [0.3, 0.4) is 0 Å². The molecule has 0 fully saturated rings. The lowest BCUT2D eigenvalue weighted by Crippen LogP contribution is -2.24. The zero-order chi connectivity index (χ0) is 18.1. The standard InChI is InChI=1S/C18H34N2S3/c1-15(2,3)11-17(7,8)13-19-20-14(21-13)22-23-18(9,10)12-16(4,5)6/h11-12H2,1-10H3. The summed E-state index contributed by atoms with van der Waals surface area (Å²) in [6.07, 6.45) is 2.29. The van der Waals surface area contributed by atoms with Crippen LogP contribution in [0.15, 0.2) is 4.34 Å². The first-order valence-electron chi connectivity index (χ1n) is 8.29. The summed E-state index contributed by atoms with van der Waals surface area (Å²) < 4.78 is 1.31. The Balaban J connectivity index is 2.70. The van der Waals surface area contributed by atoms with E-state index in [1.807, 2.05) is 10.8 Å². The van der Waals surface area contributed by atoms with E-state index < -0.39 is 0 Å². The van der Waals surface area contributed by atoms with Gasteiger partial charge in [-0.05, 0) is 48.3 Å². The molecule has 5 heteroatoms. The van der Waals surface area contributed by atoms with Crippen molar-refractivity contribution in [1.29, 1.82) is 0 Å². The molecule has 2 nitrogen and oxygen atoms in total. The topological polar surface area (TPSA) is 25.8 Å². The summed E-state index contributed by atoms with van der Waals surface area (Å²) >= 11 is 1.76. The lowest BCUT2D eigenvalue weighted by Gasteiger charge is -2.31. The molecule has 0 saturated carbocycles. The Morgan fingerprint density at radius 3 is 1.78 bits per heavy atom. The first-order chi connectivity index (χ1) is 10.1. The molecular weight excluding hydrogens is 340 g/mol. The van der Waals surface area contributed by atoms with Crippen LogP contribution in [0.4, 0.5) is 0 Å². The highest BCUT2D eigenvalue weighted by Gasteiger charge is 2.31. The van der Waals surface area contributed by atoms with Gasteiger partial charge in [0.25, 0.3) is 0 Å². The molecular formula is C18H34N2S3. The Labute approximate surface area is 155 Å². The van der Waals surface area contributed by atoms with Crippen molar-refractivity contribution in [2.24, 2.45) is 10.8 Å². The number of nitrogens with zero attached hydrogens (tertiary/aromatic N) is 2. The molecule has 1 heterocycles. The number of hydrogen-bond donors (Lipinski definition) is 0. The molecule has 1 rings (SSSR count). The lowest BCUT2D eigenvalue weighted by molar-refractivity contribution is 0.282. The molecule has 1 aromatic rings. The second kappa shape index (κ2) is 7.25. The van der Waals surface area contributed by atoms with Gasteiger partial charge in [0.1, 0.15) is 5.01 Å². The van der Waals surface area contributed by atoms with Crippen molar-refractivity contribution < 1.29 is 0 Å². The van der Waals surface area contributed by atoms with Gasteiger partial charge < -0.3 is 0 Å². The van der Waals surface area contributed by atoms with Gasteiger partial charge in [-0.2, -0.15) is 0 Å². The first-order valence-corrected chi connectivity index (χ1v) is 11.3. The van der Waals surface area contributed by atoms with Crippen LogP contribution in [0.5, 0.6) is 0 Å². The summed E-state index contributed by atoms with van der Waals surface area (Å²) in [4.78, 5) is 0. The fourth-order valence-electron chi connectivity index (χ4n) is 3.37. The average molecular weight is 375 g/mol. The van der Waals surface area contributed by atoms with Crippen molar-refractivity contribution in [1.82, 2.24) is 10.2 Å². The minimum absolute atomic E-state index is 0.0837. The molecule has 0 radical (unpaired) electrons. The third kappa shape index (κ3) is 8.26. The van der Waals surface area contributed by atoms with E-state index in [4.69, 9.17) is 0 Å². The molecule has 0 aliphatic rings. The van der Waals surface area contributed by atoms with Gasteiger partial charge in [0, 0.05) is 10.2 Å². The summed E-state index contributed by atoms with van der Waals surface area (Å²) in [6.45, 7) is 23.0. The maximum Gasteiger partial charge on any atom is 0.184 e. The van der Waals surface area contributed by atoms with E-state index in [2.05, 4.69) is 79.4 Å². The zero-order valence-corrected chi connectivity index (χ0v) is 19.0. The van der Waals surface area contributed by atoms with E-state index in [0.717, 1.165) is 15.8 Å². The van der Waals surface area contributed by atoms with Gasteiger partial charge >= 0.3 is 0 Å². The molecule has 0 saturated heterocycles. The molecule has 0 spiro atoms. The highest BCUT2D eigenvalue weighted by Crippen LogP contribution is 2.47. The smallest absolute Gasteiger partial charge is 0.142 e. The highest BCUT2D eigenvalue weighted by molar-refractivity contribution is 8.77. The van der Waals surface area contributed by atoms with E-state index >= 15 is 0 Å². The van der Waals surface area contributed by atoms with Crippen molar-refractivity contribution >= 4 is 32.9 Å². The molecule has 0 bridgehead atoms. The Kier molecular flexibility index (Phi) is 6.71. The Morgan fingerprint density at radius 2 is 1.30 bits per heavy atom. The SMILES string of the molecule is CC(C)(C)CC(C)(C)SSc1nnc(C(C)(C)CC(C)(C)C)s1. The van der Waals surface area contributed by atoms with Crippen LogP contribution in [0.2, 0.25) is 0 Å². The Hall–Kier alpha value is 0.260. The van der Waals surface area contributed by atoms with Gasteiger partial charge in [0.05, 0.1) is 0 Å². The summed E-state index contributed by atoms with van der Waals surface area (Å²) in [5, 5.41) is 10.1. The second-order valence-electron chi connectivity index (χ2n) is 10.2. The van der Waals surface area contributed by atoms with Crippen LogP contribution >= 0.6 is 32.9 Å². The molecule has 0 atom stereocenters. The molecule has 0 aliphatic carbocycles. The molecule has 1 aromatic heterocycles. The minimum Gasteiger partial charge on any atom is -0.142 e. The third-order valence-electron chi connectivity index (χ3n) is 3.25. The van der Waals surface area contributed by atoms with Crippen molar-refractivity contribution in [3.63, 3.8) is 0 Å². The van der Waals surface area contributed by atoms with Gasteiger partial charge in [-0.1, -0.05) is 77.5 Å². The Morgan fingerprint density at radius 1 is 0.783 bits per heavy atom. The van der Waals surface area contributed by atoms with Crippen LogP contribution in [-0.4, -0.2) is 14.9 Å². The molecule has 23 heavy (non-hydrogen) atoms. The normalized spacial score (nSPS) is 14.3. The van der Waals surface area contributed by atoms with Crippen LogP contribution in [0.25, 0.3) is 0 Å². The van der Waals surface area contributed by atoms with Crippen molar-refractivity contribution in [3.8, 4) is 0 Å². The van der Waals surface area contributed by atoms with Crippen molar-refractivity contribution in [3.05, 3.63) is 5.01 Å². The average Bonchev–Trinajstić information content (AvgIpc) is 2.68. The van der Waals surface area contributed by atoms with E-state index in [1.54, 1.807) is 22.1 Å². The fourth-order valence-corrected chi connectivity index (χ4v) is 7.07. The third-order valence-corrected chi connectivity index (χ3v) is 8.13. The quantitative estimate of drug-likeness (QED) is 0.491. The number of rotatable bonds is 6. The van der Waals surface area contributed by atoms with E-state index in [9.17, 15) is 0 Å². The maximum absolute atomic E-state index is 4.48. The molecule has 0 N–H and O–H groups in total. The van der Waals surface area contributed by atoms with Crippen molar-refractivity contribution in [2.45, 2.75) is 96.6 Å². The van der Waals surface area contributed by atoms with Gasteiger partial charge in [0.2, 0.25) is 0 Å². The monoisotopic (exact) mass is 374 g/mol. The fraction of sp³-hybridized carbons (Fsp3) is 0.889. The van der Waals surface area contributed by atoms with Crippen LogP contribution in [0, 0.1) is 10.8 Å². The van der Waals surface area contributed by atoms with Crippen molar-refractivity contribution in [2.75, 3.05) is 0 Å². The maximum atomic E-state index is 4.48. The van der Waals surface area contributed by atoms with E-state index in [1.165, 1.54) is 6.42 Å². The van der Waals surface area contributed by atoms with E-state index in [-0.39, 0.29) is 10.2 Å². The molecule has 0 unspecified atom stereocenters. The van der Waals surface area contributed by atoms with Gasteiger partial charge in [-0.25, -0.2) is 0 Å². The summed E-state index contributed by atoms with van der Waals surface area (Å²) in [6, 6.07) is 0. The minimum atomic E-state index is 0.0837. The molecule has 0 aromatic carbocycles. The van der Waals surface area contributed by atoms with Gasteiger partial charge in [0.15, 0.2) is 4.34 Å². The Bertz CT molecular complexity index is 505. The number of hydrogen-bond acceptors (Lipinski definition) is 5. The van der Waals surface area contributed by atoms with Gasteiger partial charge in [-0.3, -0.25) is 0 Å². The molecule has 134 valence electrons. The summed E-state index contributed by atoms with van der Waals surface area (Å²) in [5.41, 5.74) is 0.726. The second-order valence-corrected chi connectivity index (χ2v) is 14.2. The number of aromatic nitrogens is 2. The summed E-state index contributed by atoms with van der Waals surface area (Å²) in [5.74, 6) is 0. The zero-order valence-electron chi connectivity index (χ0n) is 16.5. The van der Waals surface area contributed by atoms with Crippen LogP contribution in [0.1, 0.15) is 87.1 Å². The molecule has 0 aliphatic heterocycles. The predicted octanol–water partition coefficient (Wildman–Crippen LogP) is 7.21. The lowest BCUT2D eigenvalue weighted by atomic mass is 9.77. The van der Waals surface area contributed by atoms with Crippen LogP contribution in [-0.2, 0) is 5.41 Å². The largest absolute Gasteiger partial charge is 0.184 e. The molecule has 0 amide bonds. The van der Waals surface area contributed by atoms with Crippen LogP contribution < -0.4 is 0 Å². The van der Waals surface area contributed by atoms with Gasteiger partial charge in [-0.15, -0.1) is 10.2 Å². The predicted molar refractivity (Wildman–Crippen MR) is 109 cm³/mol.